The summed E-state index contributed by atoms with van der Waals surface area (Å²) in [6.45, 7) is 6.27. The molecule has 1 aliphatic heterocycles. The normalized spacial score (nSPS) is 17.1. The van der Waals surface area contributed by atoms with E-state index in [2.05, 4.69) is 17.1 Å². The van der Waals surface area contributed by atoms with Gasteiger partial charge in [-0.3, -0.25) is 4.79 Å². The molecule has 0 spiro atoms. The predicted octanol–water partition coefficient (Wildman–Crippen LogP) is 1.31. The number of anilines is 2. The number of rotatable bonds is 4. The monoisotopic (exact) mass is 276 g/mol. The fraction of sp³-hybridized carbons (Fsp3) is 0.533. The van der Waals surface area contributed by atoms with Gasteiger partial charge < -0.3 is 21.7 Å². The third kappa shape index (κ3) is 3.63. The third-order valence-electron chi connectivity index (χ3n) is 4.03. The first-order valence-corrected chi connectivity index (χ1v) is 7.25. The number of benzene rings is 1. The molecule has 1 aromatic carbocycles. The summed E-state index contributed by atoms with van der Waals surface area (Å²) in [4.78, 5) is 14.5. The highest BCUT2D eigenvalue weighted by Crippen LogP contribution is 2.18. The topological polar surface area (TPSA) is 84.4 Å². The van der Waals surface area contributed by atoms with Gasteiger partial charge in [-0.25, -0.2) is 0 Å². The minimum absolute atomic E-state index is 0.111. The van der Waals surface area contributed by atoms with Gasteiger partial charge in [-0.1, -0.05) is 6.92 Å². The van der Waals surface area contributed by atoms with Crippen molar-refractivity contribution < 1.29 is 4.79 Å². The van der Waals surface area contributed by atoms with Crippen LogP contribution in [0.25, 0.3) is 0 Å². The van der Waals surface area contributed by atoms with Gasteiger partial charge in [-0.2, -0.15) is 0 Å². The summed E-state index contributed by atoms with van der Waals surface area (Å²) in [7, 11) is 0. The van der Waals surface area contributed by atoms with Crippen LogP contribution in [0.5, 0.6) is 0 Å². The van der Waals surface area contributed by atoms with Crippen LogP contribution in [0.2, 0.25) is 0 Å². The lowest BCUT2D eigenvalue weighted by Gasteiger charge is -2.31. The van der Waals surface area contributed by atoms with Gasteiger partial charge in [0, 0.05) is 17.9 Å². The summed E-state index contributed by atoms with van der Waals surface area (Å²) in [5.41, 5.74) is 13.0. The number of nitrogen functional groups attached to an aromatic ring is 2. The van der Waals surface area contributed by atoms with Crippen molar-refractivity contribution >= 4 is 17.3 Å². The average Bonchev–Trinajstić information content (AvgIpc) is 2.45. The maximum atomic E-state index is 12.1. The van der Waals surface area contributed by atoms with E-state index < -0.39 is 0 Å². The molecule has 0 radical (unpaired) electrons. The van der Waals surface area contributed by atoms with Crippen molar-refractivity contribution in [1.29, 1.82) is 0 Å². The molecule has 20 heavy (non-hydrogen) atoms. The predicted molar refractivity (Wildman–Crippen MR) is 82.4 cm³/mol. The molecule has 1 fully saturated rings. The van der Waals surface area contributed by atoms with Crippen molar-refractivity contribution in [2.45, 2.75) is 19.8 Å². The Morgan fingerprint density at radius 2 is 2.05 bits per heavy atom. The Labute approximate surface area is 120 Å². The van der Waals surface area contributed by atoms with Crippen LogP contribution in [0, 0.1) is 5.92 Å². The summed E-state index contributed by atoms with van der Waals surface area (Å²) in [6.07, 6.45) is 2.29. The second-order valence-corrected chi connectivity index (χ2v) is 5.43. The van der Waals surface area contributed by atoms with E-state index >= 15 is 0 Å². The van der Waals surface area contributed by atoms with Gasteiger partial charge in [0.05, 0.1) is 5.56 Å². The number of hydrogen-bond donors (Lipinski definition) is 3. The Kier molecular flexibility index (Phi) is 4.84. The van der Waals surface area contributed by atoms with E-state index in [0.29, 0.717) is 22.9 Å². The number of nitrogens with one attached hydrogen (secondary N) is 1. The Balaban J connectivity index is 1.83. The number of amides is 1. The summed E-state index contributed by atoms with van der Waals surface area (Å²) in [6, 6.07) is 5.00. The first-order chi connectivity index (χ1) is 9.60. The SMILES string of the molecule is CCN1CCC(CNC(=O)c2ccc(N)cc2N)CC1. The Morgan fingerprint density at radius 1 is 1.35 bits per heavy atom. The lowest BCUT2D eigenvalue weighted by atomic mass is 9.96. The van der Waals surface area contributed by atoms with Crippen LogP contribution in [0.4, 0.5) is 11.4 Å². The molecular weight excluding hydrogens is 252 g/mol. The second kappa shape index (κ2) is 6.61. The van der Waals surface area contributed by atoms with E-state index in [1.165, 1.54) is 0 Å². The minimum Gasteiger partial charge on any atom is -0.399 e. The Hall–Kier alpha value is -1.75. The molecule has 0 aromatic heterocycles. The maximum absolute atomic E-state index is 12.1. The lowest BCUT2D eigenvalue weighted by Crippen LogP contribution is -2.38. The highest BCUT2D eigenvalue weighted by molar-refractivity contribution is 5.99. The van der Waals surface area contributed by atoms with Crippen LogP contribution < -0.4 is 16.8 Å². The highest BCUT2D eigenvalue weighted by Gasteiger charge is 2.19. The van der Waals surface area contributed by atoms with E-state index in [-0.39, 0.29) is 5.91 Å². The van der Waals surface area contributed by atoms with Crippen molar-refractivity contribution in [2.24, 2.45) is 5.92 Å². The average molecular weight is 276 g/mol. The fourth-order valence-corrected chi connectivity index (χ4v) is 2.63. The van der Waals surface area contributed by atoms with Crippen LogP contribution in [0.15, 0.2) is 18.2 Å². The van der Waals surface area contributed by atoms with Gasteiger partial charge in [0.1, 0.15) is 0 Å². The molecule has 0 bridgehead atoms. The lowest BCUT2D eigenvalue weighted by molar-refractivity contribution is 0.0938. The summed E-state index contributed by atoms with van der Waals surface area (Å²) < 4.78 is 0. The Morgan fingerprint density at radius 3 is 2.65 bits per heavy atom. The van der Waals surface area contributed by atoms with Gasteiger partial charge >= 0.3 is 0 Å². The molecule has 0 unspecified atom stereocenters. The maximum Gasteiger partial charge on any atom is 0.253 e. The summed E-state index contributed by atoms with van der Waals surface area (Å²) in [5, 5.41) is 2.98. The van der Waals surface area contributed by atoms with E-state index in [9.17, 15) is 4.79 Å². The molecule has 0 aliphatic carbocycles. The van der Waals surface area contributed by atoms with E-state index in [0.717, 1.165) is 39.0 Å². The Bertz CT molecular complexity index is 467. The van der Waals surface area contributed by atoms with E-state index in [1.807, 2.05) is 0 Å². The van der Waals surface area contributed by atoms with Crippen molar-refractivity contribution in [3.05, 3.63) is 23.8 Å². The largest absolute Gasteiger partial charge is 0.399 e. The van der Waals surface area contributed by atoms with E-state index in [1.54, 1.807) is 18.2 Å². The quantitative estimate of drug-likeness (QED) is 0.724. The first kappa shape index (κ1) is 14.7. The van der Waals surface area contributed by atoms with Crippen LogP contribution in [-0.4, -0.2) is 37.0 Å². The zero-order valence-corrected chi connectivity index (χ0v) is 12.1. The van der Waals surface area contributed by atoms with Crippen molar-refractivity contribution in [2.75, 3.05) is 37.6 Å². The van der Waals surface area contributed by atoms with Gasteiger partial charge in [0.2, 0.25) is 0 Å². The van der Waals surface area contributed by atoms with Crippen LogP contribution in [0.3, 0.4) is 0 Å². The molecule has 5 N–H and O–H groups in total. The zero-order valence-electron chi connectivity index (χ0n) is 12.1. The standard InChI is InChI=1S/C15H24N4O/c1-2-19-7-5-11(6-8-19)10-18-15(20)13-4-3-12(16)9-14(13)17/h3-4,9,11H,2,5-8,10,16-17H2,1H3,(H,18,20). The molecule has 5 heteroatoms. The van der Waals surface area contributed by atoms with Crippen molar-refractivity contribution in [3.63, 3.8) is 0 Å². The zero-order chi connectivity index (χ0) is 14.5. The van der Waals surface area contributed by atoms with Crippen molar-refractivity contribution in [1.82, 2.24) is 10.2 Å². The molecule has 1 saturated heterocycles. The van der Waals surface area contributed by atoms with Gasteiger partial charge in [-0.15, -0.1) is 0 Å². The summed E-state index contributed by atoms with van der Waals surface area (Å²) >= 11 is 0. The van der Waals surface area contributed by atoms with Crippen LogP contribution in [-0.2, 0) is 0 Å². The number of likely N-dealkylation sites (tertiary alicyclic amines) is 1. The molecule has 1 aliphatic rings. The molecule has 1 aromatic rings. The van der Waals surface area contributed by atoms with Crippen molar-refractivity contribution in [3.8, 4) is 0 Å². The molecular formula is C15H24N4O. The van der Waals surface area contributed by atoms with Gasteiger partial charge in [0.25, 0.3) is 5.91 Å². The molecule has 110 valence electrons. The summed E-state index contributed by atoms with van der Waals surface area (Å²) in [5.74, 6) is 0.456. The third-order valence-corrected chi connectivity index (χ3v) is 4.03. The number of nitrogens with two attached hydrogens (primary N) is 2. The van der Waals surface area contributed by atoms with Gasteiger partial charge in [-0.05, 0) is 56.6 Å². The fourth-order valence-electron chi connectivity index (χ4n) is 2.63. The number of nitrogens with zero attached hydrogens (tertiary/aromatic N) is 1. The van der Waals surface area contributed by atoms with Crippen LogP contribution in [0.1, 0.15) is 30.1 Å². The number of carbonyl (C=O) groups excluding carboxylic acids is 1. The number of piperidine rings is 1. The van der Waals surface area contributed by atoms with Gasteiger partial charge in [0.15, 0.2) is 0 Å². The van der Waals surface area contributed by atoms with Crippen LogP contribution >= 0.6 is 0 Å². The van der Waals surface area contributed by atoms with E-state index in [4.69, 9.17) is 11.5 Å². The second-order valence-electron chi connectivity index (χ2n) is 5.43. The first-order valence-electron chi connectivity index (χ1n) is 7.25. The molecule has 2 rings (SSSR count). The number of carbonyl (C=O) groups is 1. The number of hydrogen-bond acceptors (Lipinski definition) is 4. The molecule has 5 nitrogen and oxygen atoms in total. The smallest absolute Gasteiger partial charge is 0.253 e. The molecule has 0 saturated carbocycles. The minimum atomic E-state index is -0.111. The molecule has 1 amide bonds. The molecule has 0 atom stereocenters. The molecule has 1 heterocycles. The highest BCUT2D eigenvalue weighted by atomic mass is 16.1.